The maximum absolute atomic E-state index is 13.2. The molecule has 18 heavy (non-hydrogen) atoms. The fourth-order valence-corrected chi connectivity index (χ4v) is 1.22. The minimum Gasteiger partial charge on any atom is -0.329 e. The molecule has 4 nitrogen and oxygen atoms in total. The van der Waals surface area contributed by atoms with Gasteiger partial charge in [0.05, 0.1) is 5.56 Å². The summed E-state index contributed by atoms with van der Waals surface area (Å²) in [6, 6.07) is 3.19. The molecule has 0 aliphatic carbocycles. The Bertz CT molecular complexity index is 592. The molecule has 0 aliphatic rings. The highest BCUT2D eigenvalue weighted by atomic mass is 19.4. The maximum atomic E-state index is 13.2. The van der Waals surface area contributed by atoms with Crippen molar-refractivity contribution in [1.82, 2.24) is 10.1 Å². The summed E-state index contributed by atoms with van der Waals surface area (Å²) in [6.07, 6.45) is -4.47. The summed E-state index contributed by atoms with van der Waals surface area (Å²) in [6.45, 7) is 0. The van der Waals surface area contributed by atoms with Crippen molar-refractivity contribution in [2.75, 3.05) is 0 Å². The predicted octanol–water partition coefficient (Wildman–Crippen LogP) is 2.71. The summed E-state index contributed by atoms with van der Waals surface area (Å²) >= 11 is 0. The lowest BCUT2D eigenvalue weighted by molar-refractivity contribution is -0.159. The Morgan fingerprint density at radius 3 is 2.50 bits per heavy atom. The van der Waals surface area contributed by atoms with Gasteiger partial charge >= 0.3 is 12.1 Å². The number of carbonyl (C=O) groups is 1. The molecule has 0 N–H and O–H groups in total. The maximum Gasteiger partial charge on any atom is 0.471 e. The normalized spacial score (nSPS) is 11.6. The first-order valence-corrected chi connectivity index (χ1v) is 4.58. The van der Waals surface area contributed by atoms with Crippen molar-refractivity contribution in [1.29, 1.82) is 0 Å². The van der Waals surface area contributed by atoms with Crippen molar-refractivity contribution in [3.63, 3.8) is 0 Å². The summed E-state index contributed by atoms with van der Waals surface area (Å²) in [4.78, 5) is 13.5. The first-order valence-electron chi connectivity index (χ1n) is 4.58. The van der Waals surface area contributed by atoms with Gasteiger partial charge in [0.1, 0.15) is 5.82 Å². The fourth-order valence-electron chi connectivity index (χ4n) is 1.22. The number of aldehydes is 1. The van der Waals surface area contributed by atoms with E-state index in [2.05, 4.69) is 14.7 Å². The van der Waals surface area contributed by atoms with E-state index in [1.165, 1.54) is 6.07 Å². The highest BCUT2D eigenvalue weighted by Crippen LogP contribution is 2.29. The summed E-state index contributed by atoms with van der Waals surface area (Å²) in [5.41, 5.74) is -0.226. The summed E-state index contributed by atoms with van der Waals surface area (Å²) < 4.78 is 53.8. The number of halogens is 4. The van der Waals surface area contributed by atoms with Crippen LogP contribution in [0.2, 0.25) is 0 Å². The van der Waals surface area contributed by atoms with E-state index in [4.69, 9.17) is 0 Å². The largest absolute Gasteiger partial charge is 0.471 e. The molecule has 0 unspecified atom stereocenters. The standard InChI is InChI=1S/C10H4F4N2O2/c11-7-3-5(1-2-6(7)4-17)8-15-9(18-16-8)10(12,13)14/h1-4H. The highest BCUT2D eigenvalue weighted by Gasteiger charge is 2.38. The van der Waals surface area contributed by atoms with Gasteiger partial charge in [-0.05, 0) is 12.1 Å². The Morgan fingerprint density at radius 2 is 2.00 bits per heavy atom. The molecule has 1 aromatic heterocycles. The zero-order valence-corrected chi connectivity index (χ0v) is 8.53. The molecule has 2 aromatic rings. The lowest BCUT2D eigenvalue weighted by Crippen LogP contribution is -2.04. The third kappa shape index (κ3) is 2.22. The molecule has 1 heterocycles. The molecule has 94 valence electrons. The molecule has 0 saturated heterocycles. The number of rotatable bonds is 2. The van der Waals surface area contributed by atoms with Crippen LogP contribution in [0, 0.1) is 5.82 Å². The molecule has 0 radical (unpaired) electrons. The van der Waals surface area contributed by atoms with Crippen LogP contribution >= 0.6 is 0 Å². The fraction of sp³-hybridized carbons (Fsp3) is 0.100. The molecule has 0 saturated carbocycles. The smallest absolute Gasteiger partial charge is 0.329 e. The van der Waals surface area contributed by atoms with Crippen LogP contribution in [0.25, 0.3) is 11.4 Å². The van der Waals surface area contributed by atoms with E-state index in [1.807, 2.05) is 0 Å². The van der Waals surface area contributed by atoms with Gasteiger partial charge in [-0.3, -0.25) is 4.79 Å². The van der Waals surface area contributed by atoms with Crippen LogP contribution < -0.4 is 0 Å². The molecule has 0 bridgehead atoms. The van der Waals surface area contributed by atoms with Crippen LogP contribution in [0.15, 0.2) is 22.7 Å². The Kier molecular flexibility index (Phi) is 2.85. The molecule has 1 aromatic carbocycles. The third-order valence-electron chi connectivity index (χ3n) is 2.05. The molecular weight excluding hydrogens is 256 g/mol. The van der Waals surface area contributed by atoms with Gasteiger partial charge in [0, 0.05) is 5.56 Å². The number of hydrogen-bond donors (Lipinski definition) is 0. The van der Waals surface area contributed by atoms with E-state index in [9.17, 15) is 22.4 Å². The number of alkyl halides is 3. The number of hydrogen-bond acceptors (Lipinski definition) is 4. The topological polar surface area (TPSA) is 56.0 Å². The Morgan fingerprint density at radius 1 is 1.28 bits per heavy atom. The van der Waals surface area contributed by atoms with Gasteiger partial charge in [0.15, 0.2) is 6.29 Å². The van der Waals surface area contributed by atoms with E-state index in [0.717, 1.165) is 12.1 Å². The van der Waals surface area contributed by atoms with E-state index in [1.54, 1.807) is 0 Å². The van der Waals surface area contributed by atoms with Crippen molar-refractivity contribution < 1.29 is 26.9 Å². The predicted molar refractivity (Wildman–Crippen MR) is 50.1 cm³/mol. The number of nitrogens with zero attached hydrogens (tertiary/aromatic N) is 2. The molecule has 0 spiro atoms. The zero-order valence-electron chi connectivity index (χ0n) is 8.53. The lowest BCUT2D eigenvalue weighted by Gasteiger charge is -1.98. The summed E-state index contributed by atoms with van der Waals surface area (Å²) in [5.74, 6) is -2.79. The quantitative estimate of drug-likeness (QED) is 0.615. The molecule has 0 amide bonds. The monoisotopic (exact) mass is 260 g/mol. The van der Waals surface area contributed by atoms with Crippen LogP contribution in [0.3, 0.4) is 0 Å². The lowest BCUT2D eigenvalue weighted by atomic mass is 10.1. The molecule has 2 rings (SSSR count). The van der Waals surface area contributed by atoms with Crippen molar-refractivity contribution in [2.45, 2.75) is 6.18 Å². The Hall–Kier alpha value is -2.25. The van der Waals surface area contributed by atoms with Crippen LogP contribution in [0.5, 0.6) is 0 Å². The molecule has 8 heteroatoms. The van der Waals surface area contributed by atoms with Crippen LogP contribution in [-0.4, -0.2) is 16.4 Å². The summed E-state index contributed by atoms with van der Waals surface area (Å²) in [7, 11) is 0. The second-order valence-corrected chi connectivity index (χ2v) is 3.28. The average Bonchev–Trinajstić information content (AvgIpc) is 2.77. The first-order chi connectivity index (χ1) is 8.41. The number of aromatic nitrogens is 2. The van der Waals surface area contributed by atoms with Gasteiger partial charge in [-0.1, -0.05) is 11.2 Å². The van der Waals surface area contributed by atoms with Crippen LogP contribution in [0.1, 0.15) is 16.2 Å². The summed E-state index contributed by atoms with van der Waals surface area (Å²) in [5, 5.41) is 3.09. The molecular formula is C10H4F4N2O2. The van der Waals surface area contributed by atoms with Gasteiger partial charge in [-0.2, -0.15) is 18.2 Å². The number of carbonyl (C=O) groups excluding carboxylic acids is 1. The second kappa shape index (κ2) is 4.21. The molecule has 0 atom stereocenters. The van der Waals surface area contributed by atoms with Crippen molar-refractivity contribution in [2.24, 2.45) is 0 Å². The van der Waals surface area contributed by atoms with E-state index < -0.39 is 23.7 Å². The SMILES string of the molecule is O=Cc1ccc(-c2noc(C(F)(F)F)n2)cc1F. The third-order valence-corrected chi connectivity index (χ3v) is 2.05. The van der Waals surface area contributed by atoms with Gasteiger partial charge in [-0.25, -0.2) is 4.39 Å². The van der Waals surface area contributed by atoms with E-state index in [0.29, 0.717) is 0 Å². The Labute approximate surface area is 97.2 Å². The van der Waals surface area contributed by atoms with Crippen LogP contribution in [0.4, 0.5) is 17.6 Å². The van der Waals surface area contributed by atoms with Gasteiger partial charge < -0.3 is 4.52 Å². The highest BCUT2D eigenvalue weighted by molar-refractivity contribution is 5.76. The first kappa shape index (κ1) is 12.2. The van der Waals surface area contributed by atoms with E-state index >= 15 is 0 Å². The minimum absolute atomic E-state index is 0.0163. The second-order valence-electron chi connectivity index (χ2n) is 3.28. The van der Waals surface area contributed by atoms with Gasteiger partial charge in [0.2, 0.25) is 5.82 Å². The van der Waals surface area contributed by atoms with Crippen molar-refractivity contribution in [3.8, 4) is 11.4 Å². The van der Waals surface area contributed by atoms with Gasteiger partial charge in [0.25, 0.3) is 0 Å². The van der Waals surface area contributed by atoms with Crippen molar-refractivity contribution in [3.05, 3.63) is 35.5 Å². The zero-order chi connectivity index (χ0) is 13.3. The molecule has 0 aliphatic heterocycles. The number of benzene rings is 1. The Balaban J connectivity index is 2.40. The van der Waals surface area contributed by atoms with E-state index in [-0.39, 0.29) is 17.4 Å². The molecule has 0 fully saturated rings. The van der Waals surface area contributed by atoms with Crippen molar-refractivity contribution >= 4 is 6.29 Å². The van der Waals surface area contributed by atoms with Crippen LogP contribution in [-0.2, 0) is 6.18 Å². The van der Waals surface area contributed by atoms with Gasteiger partial charge in [-0.15, -0.1) is 0 Å². The minimum atomic E-state index is -4.76. The average molecular weight is 260 g/mol.